The molecular formula is C15H22N2O3S. The van der Waals surface area contributed by atoms with Crippen LogP contribution in [0.2, 0.25) is 0 Å². The topological polar surface area (TPSA) is 86.2 Å². The zero-order valence-electron chi connectivity index (χ0n) is 12.2. The summed E-state index contributed by atoms with van der Waals surface area (Å²) in [5, 5.41) is 10.9. The van der Waals surface area contributed by atoms with Crippen molar-refractivity contribution in [1.82, 2.24) is 0 Å². The van der Waals surface area contributed by atoms with Gasteiger partial charge in [0.1, 0.15) is 4.90 Å². The summed E-state index contributed by atoms with van der Waals surface area (Å²) in [6.45, 7) is 2.14. The molecule has 5 nitrogen and oxygen atoms in total. The van der Waals surface area contributed by atoms with Crippen molar-refractivity contribution < 1.29 is 9.13 Å². The van der Waals surface area contributed by atoms with Gasteiger partial charge in [0, 0.05) is 12.1 Å². The van der Waals surface area contributed by atoms with Crippen LogP contribution in [0, 0.1) is 16.0 Å². The van der Waals surface area contributed by atoms with Crippen LogP contribution >= 0.6 is 0 Å². The lowest BCUT2D eigenvalue weighted by Gasteiger charge is -2.33. The second-order valence-corrected chi connectivity index (χ2v) is 7.33. The first-order valence-corrected chi connectivity index (χ1v) is 8.65. The second-order valence-electron chi connectivity index (χ2n) is 5.69. The highest BCUT2D eigenvalue weighted by molar-refractivity contribution is 7.86. The fourth-order valence-electron chi connectivity index (χ4n) is 3.09. The van der Waals surface area contributed by atoms with E-state index in [1.165, 1.54) is 6.07 Å². The number of hydrogen-bond acceptors (Lipinski definition) is 4. The number of para-hydroxylation sites is 1. The smallest absolute Gasteiger partial charge is 0.285 e. The maximum atomic E-state index is 12.8. The van der Waals surface area contributed by atoms with E-state index in [2.05, 4.69) is 6.92 Å². The van der Waals surface area contributed by atoms with Crippen LogP contribution in [0.15, 0.2) is 29.2 Å². The predicted octanol–water partition coefficient (Wildman–Crippen LogP) is 3.00. The van der Waals surface area contributed by atoms with Gasteiger partial charge in [0.15, 0.2) is 0 Å². The minimum Gasteiger partial charge on any atom is -0.327 e. The van der Waals surface area contributed by atoms with E-state index in [0.717, 1.165) is 32.1 Å². The Morgan fingerprint density at radius 2 is 2.10 bits per heavy atom. The molecule has 0 amide bonds. The number of benzene rings is 1. The molecule has 1 aromatic rings. The van der Waals surface area contributed by atoms with Gasteiger partial charge in [-0.1, -0.05) is 31.9 Å². The molecule has 4 atom stereocenters. The van der Waals surface area contributed by atoms with Crippen molar-refractivity contribution in [2.75, 3.05) is 0 Å². The van der Waals surface area contributed by atoms with Gasteiger partial charge < -0.3 is 5.73 Å². The lowest BCUT2D eigenvalue weighted by Crippen LogP contribution is -2.43. The van der Waals surface area contributed by atoms with Gasteiger partial charge in [-0.25, -0.2) is 0 Å². The van der Waals surface area contributed by atoms with Crippen LogP contribution in [-0.2, 0) is 10.8 Å². The summed E-state index contributed by atoms with van der Waals surface area (Å²) in [6, 6.07) is 6.14. The molecular weight excluding hydrogens is 288 g/mol. The summed E-state index contributed by atoms with van der Waals surface area (Å²) in [6.07, 6.45) is 4.93. The van der Waals surface area contributed by atoms with Gasteiger partial charge in [0.2, 0.25) is 0 Å². The summed E-state index contributed by atoms with van der Waals surface area (Å²) in [4.78, 5) is 10.9. The van der Waals surface area contributed by atoms with E-state index in [0.29, 0.717) is 10.8 Å². The highest BCUT2D eigenvalue weighted by Crippen LogP contribution is 2.34. The van der Waals surface area contributed by atoms with Crippen LogP contribution in [0.3, 0.4) is 0 Å². The maximum absolute atomic E-state index is 12.8. The Balaban J connectivity index is 2.24. The van der Waals surface area contributed by atoms with Crippen LogP contribution in [0.1, 0.15) is 39.0 Å². The van der Waals surface area contributed by atoms with Gasteiger partial charge in [-0.15, -0.1) is 0 Å². The van der Waals surface area contributed by atoms with Crippen molar-refractivity contribution in [2.24, 2.45) is 11.7 Å². The summed E-state index contributed by atoms with van der Waals surface area (Å²) >= 11 is 0. The van der Waals surface area contributed by atoms with E-state index in [-0.39, 0.29) is 17.0 Å². The van der Waals surface area contributed by atoms with E-state index >= 15 is 0 Å². The van der Waals surface area contributed by atoms with Gasteiger partial charge in [0.05, 0.1) is 21.0 Å². The molecule has 0 bridgehead atoms. The lowest BCUT2D eigenvalue weighted by molar-refractivity contribution is -0.387. The Morgan fingerprint density at radius 1 is 1.38 bits per heavy atom. The quantitative estimate of drug-likeness (QED) is 0.669. The van der Waals surface area contributed by atoms with Crippen molar-refractivity contribution in [1.29, 1.82) is 0 Å². The fraction of sp³-hybridized carbons (Fsp3) is 0.600. The number of rotatable bonds is 5. The molecule has 0 aromatic heterocycles. The minimum atomic E-state index is -1.42. The number of nitrogens with two attached hydrogens (primary N) is 1. The zero-order chi connectivity index (χ0) is 15.4. The van der Waals surface area contributed by atoms with Gasteiger partial charge in [0.25, 0.3) is 5.69 Å². The molecule has 1 fully saturated rings. The van der Waals surface area contributed by atoms with Crippen LogP contribution in [0.25, 0.3) is 0 Å². The third kappa shape index (κ3) is 3.68. The van der Waals surface area contributed by atoms with E-state index in [9.17, 15) is 14.3 Å². The monoisotopic (exact) mass is 310 g/mol. The number of nitro benzene ring substituents is 1. The van der Waals surface area contributed by atoms with Gasteiger partial charge in [-0.3, -0.25) is 14.3 Å². The third-order valence-corrected chi connectivity index (χ3v) is 6.07. The van der Waals surface area contributed by atoms with E-state index < -0.39 is 15.7 Å². The van der Waals surface area contributed by atoms with Crippen molar-refractivity contribution in [2.45, 2.75) is 55.2 Å². The largest absolute Gasteiger partial charge is 0.327 e. The van der Waals surface area contributed by atoms with Crippen molar-refractivity contribution in [3.05, 3.63) is 34.4 Å². The molecule has 1 saturated carbocycles. The molecule has 6 heteroatoms. The summed E-state index contributed by atoms with van der Waals surface area (Å²) in [5.41, 5.74) is 6.07. The molecule has 0 heterocycles. The molecule has 21 heavy (non-hydrogen) atoms. The highest BCUT2D eigenvalue weighted by atomic mass is 32.2. The van der Waals surface area contributed by atoms with Crippen molar-refractivity contribution >= 4 is 16.5 Å². The van der Waals surface area contributed by atoms with E-state index in [1.54, 1.807) is 18.2 Å². The minimum absolute atomic E-state index is 0.0688. The summed E-state index contributed by atoms with van der Waals surface area (Å²) in [7, 11) is -1.42. The zero-order valence-corrected chi connectivity index (χ0v) is 13.1. The molecule has 0 aliphatic heterocycles. The van der Waals surface area contributed by atoms with Crippen LogP contribution in [0.4, 0.5) is 5.69 Å². The first kappa shape index (κ1) is 16.1. The maximum Gasteiger partial charge on any atom is 0.285 e. The summed E-state index contributed by atoms with van der Waals surface area (Å²) in [5.74, 6) is 0.534. The Labute approximate surface area is 127 Å². The van der Waals surface area contributed by atoms with Crippen molar-refractivity contribution in [3.8, 4) is 0 Å². The Kier molecular flexibility index (Phi) is 5.47. The fourth-order valence-corrected chi connectivity index (χ4v) is 4.88. The molecule has 0 saturated heterocycles. The molecule has 2 N–H and O–H groups in total. The molecule has 1 aromatic carbocycles. The SMILES string of the molecule is CCCC1CCC(N)C(S(=O)c2ccccc2[N+](=O)[O-])C1. The molecule has 1 aliphatic carbocycles. The van der Waals surface area contributed by atoms with Gasteiger partial charge in [-0.05, 0) is 31.2 Å². The van der Waals surface area contributed by atoms with Crippen LogP contribution in [0.5, 0.6) is 0 Å². The molecule has 0 spiro atoms. The lowest BCUT2D eigenvalue weighted by atomic mass is 9.83. The summed E-state index contributed by atoms with van der Waals surface area (Å²) < 4.78 is 12.8. The highest BCUT2D eigenvalue weighted by Gasteiger charge is 2.34. The molecule has 116 valence electrons. The Morgan fingerprint density at radius 3 is 2.76 bits per heavy atom. The number of hydrogen-bond donors (Lipinski definition) is 1. The van der Waals surface area contributed by atoms with E-state index in [4.69, 9.17) is 5.73 Å². The van der Waals surface area contributed by atoms with Gasteiger partial charge >= 0.3 is 0 Å². The second kappa shape index (κ2) is 7.13. The third-order valence-electron chi connectivity index (χ3n) is 4.20. The van der Waals surface area contributed by atoms with Crippen LogP contribution < -0.4 is 5.73 Å². The average molecular weight is 310 g/mol. The number of nitrogens with zero attached hydrogens (tertiary/aromatic N) is 1. The molecule has 2 rings (SSSR count). The Bertz CT molecular complexity index is 535. The Hall–Kier alpha value is -1.27. The first-order valence-electron chi connectivity index (χ1n) is 7.44. The molecule has 1 aliphatic rings. The molecule has 4 unspecified atom stereocenters. The average Bonchev–Trinajstić information content (AvgIpc) is 2.48. The van der Waals surface area contributed by atoms with Crippen LogP contribution in [-0.4, -0.2) is 20.4 Å². The van der Waals surface area contributed by atoms with Gasteiger partial charge in [-0.2, -0.15) is 0 Å². The van der Waals surface area contributed by atoms with Crippen molar-refractivity contribution in [3.63, 3.8) is 0 Å². The first-order chi connectivity index (χ1) is 10.0. The van der Waals surface area contributed by atoms with E-state index in [1.807, 2.05) is 0 Å². The standard InChI is InChI=1S/C15H22N2O3S/c1-2-5-11-8-9-12(16)15(10-11)21(20)14-7-4-3-6-13(14)17(18)19/h3-4,6-7,11-12,15H,2,5,8-10,16H2,1H3. The predicted molar refractivity (Wildman–Crippen MR) is 83.5 cm³/mol. The molecule has 0 radical (unpaired) electrons. The normalized spacial score (nSPS) is 27.2. The number of nitro groups is 1.